The van der Waals surface area contributed by atoms with Crippen molar-refractivity contribution in [2.24, 2.45) is 0 Å². The quantitative estimate of drug-likeness (QED) is 0.871. The largest absolute Gasteiger partial charge is 0.479 e. The van der Waals surface area contributed by atoms with Crippen molar-refractivity contribution in [1.29, 1.82) is 0 Å². The molecule has 1 aromatic rings. The van der Waals surface area contributed by atoms with Crippen LogP contribution in [0.1, 0.15) is 28.8 Å². The van der Waals surface area contributed by atoms with Crippen molar-refractivity contribution in [1.82, 2.24) is 4.90 Å². The lowest BCUT2D eigenvalue weighted by Gasteiger charge is -2.34. The van der Waals surface area contributed by atoms with E-state index in [2.05, 4.69) is 0 Å². The van der Waals surface area contributed by atoms with Crippen LogP contribution in [-0.4, -0.2) is 47.2 Å². The third kappa shape index (κ3) is 2.78. The van der Waals surface area contributed by atoms with Gasteiger partial charge in [0.15, 0.2) is 6.10 Å². The average molecular weight is 267 g/mol. The first-order valence-electron chi connectivity index (χ1n) is 6.13. The van der Waals surface area contributed by atoms with Crippen LogP contribution < -0.4 is 0 Å². The number of aryl methyl sites for hydroxylation is 2. The maximum atomic E-state index is 12.4. The van der Waals surface area contributed by atoms with E-state index in [9.17, 15) is 9.59 Å². The number of carbonyl (C=O) groups excluding carboxylic acids is 1. The van der Waals surface area contributed by atoms with Crippen molar-refractivity contribution in [3.05, 3.63) is 23.2 Å². The third-order valence-corrected chi connectivity index (χ3v) is 3.09. The Balaban J connectivity index is 2.18. The molecule has 104 valence electrons. The minimum absolute atomic E-state index is 0.0577. The summed E-state index contributed by atoms with van der Waals surface area (Å²) in [5.41, 5.74) is 0.482. The van der Waals surface area contributed by atoms with Crippen LogP contribution in [0.15, 0.2) is 10.5 Å². The average Bonchev–Trinajstić information content (AvgIpc) is 2.66. The number of morpholine rings is 1. The Labute approximate surface area is 110 Å². The zero-order chi connectivity index (χ0) is 14.2. The second kappa shape index (κ2) is 5.05. The van der Waals surface area contributed by atoms with Crippen LogP contribution in [0.25, 0.3) is 0 Å². The number of ether oxygens (including phenoxy) is 1. The molecule has 2 rings (SSSR count). The van der Waals surface area contributed by atoms with Crippen LogP contribution in [0.3, 0.4) is 0 Å². The van der Waals surface area contributed by atoms with E-state index in [1.54, 1.807) is 26.8 Å². The minimum Gasteiger partial charge on any atom is -0.479 e. The first kappa shape index (κ1) is 13.6. The van der Waals surface area contributed by atoms with Gasteiger partial charge in [0, 0.05) is 6.54 Å². The van der Waals surface area contributed by atoms with E-state index in [4.69, 9.17) is 14.3 Å². The summed E-state index contributed by atoms with van der Waals surface area (Å²) in [4.78, 5) is 24.9. The lowest BCUT2D eigenvalue weighted by Crippen LogP contribution is -2.51. The van der Waals surface area contributed by atoms with Gasteiger partial charge in [-0.2, -0.15) is 0 Å². The van der Waals surface area contributed by atoms with E-state index in [0.717, 1.165) is 0 Å². The van der Waals surface area contributed by atoms with Crippen LogP contribution in [-0.2, 0) is 9.53 Å². The Bertz CT molecular complexity index is 507. The molecule has 1 saturated heterocycles. The predicted octanol–water partition coefficient (Wildman–Crippen LogP) is 1.21. The summed E-state index contributed by atoms with van der Waals surface area (Å²) >= 11 is 0. The molecule has 1 amide bonds. The van der Waals surface area contributed by atoms with Gasteiger partial charge < -0.3 is 19.2 Å². The minimum atomic E-state index is -1.05. The van der Waals surface area contributed by atoms with Crippen molar-refractivity contribution in [3.8, 4) is 0 Å². The Kier molecular flexibility index (Phi) is 3.61. The van der Waals surface area contributed by atoms with Crippen LogP contribution >= 0.6 is 0 Å². The molecule has 1 aromatic heterocycles. The molecule has 0 spiro atoms. The molecule has 0 saturated carbocycles. The Morgan fingerprint density at radius 3 is 2.58 bits per heavy atom. The van der Waals surface area contributed by atoms with Crippen LogP contribution in [0, 0.1) is 13.8 Å². The standard InChI is InChI=1S/C13H17NO5/c1-7-4-10(9(3)18-7)12(15)14-5-8(2)19-11(6-14)13(16)17/h4,8,11H,5-6H2,1-3H3,(H,16,17)/t8-,11?/m1/s1. The molecular weight excluding hydrogens is 250 g/mol. The number of rotatable bonds is 2. The van der Waals surface area contributed by atoms with Crippen molar-refractivity contribution >= 4 is 11.9 Å². The molecule has 1 aliphatic rings. The molecule has 2 atom stereocenters. The van der Waals surface area contributed by atoms with Gasteiger partial charge in [0.05, 0.1) is 18.2 Å². The molecule has 0 radical (unpaired) electrons. The van der Waals surface area contributed by atoms with E-state index in [-0.39, 0.29) is 18.6 Å². The summed E-state index contributed by atoms with van der Waals surface area (Å²) in [5.74, 6) is -0.0503. The molecular formula is C13H17NO5. The number of nitrogens with zero attached hydrogens (tertiary/aromatic N) is 1. The Morgan fingerprint density at radius 2 is 2.05 bits per heavy atom. The van der Waals surface area contributed by atoms with Gasteiger partial charge >= 0.3 is 5.97 Å². The first-order valence-corrected chi connectivity index (χ1v) is 6.13. The second-order valence-corrected chi connectivity index (χ2v) is 4.81. The Hall–Kier alpha value is -1.82. The zero-order valence-corrected chi connectivity index (χ0v) is 11.2. The Morgan fingerprint density at radius 1 is 1.37 bits per heavy atom. The van der Waals surface area contributed by atoms with Crippen LogP contribution in [0.2, 0.25) is 0 Å². The summed E-state index contributed by atoms with van der Waals surface area (Å²) in [5, 5.41) is 9.00. The molecule has 0 aromatic carbocycles. The highest BCUT2D eigenvalue weighted by Gasteiger charge is 2.33. The zero-order valence-electron chi connectivity index (χ0n) is 11.2. The van der Waals surface area contributed by atoms with Gasteiger partial charge in [-0.05, 0) is 26.8 Å². The fraction of sp³-hybridized carbons (Fsp3) is 0.538. The number of carboxylic acids is 1. The van der Waals surface area contributed by atoms with Crippen molar-refractivity contribution in [2.75, 3.05) is 13.1 Å². The molecule has 6 heteroatoms. The lowest BCUT2D eigenvalue weighted by atomic mass is 10.1. The van der Waals surface area contributed by atoms with Gasteiger partial charge in [0.1, 0.15) is 11.5 Å². The van der Waals surface area contributed by atoms with E-state index < -0.39 is 12.1 Å². The van der Waals surface area contributed by atoms with E-state index in [1.807, 2.05) is 0 Å². The topological polar surface area (TPSA) is 80.0 Å². The SMILES string of the molecule is Cc1cc(C(=O)N2CC(C(=O)O)O[C@H](C)C2)c(C)o1. The third-order valence-electron chi connectivity index (χ3n) is 3.09. The number of hydrogen-bond donors (Lipinski definition) is 1. The fourth-order valence-electron chi connectivity index (χ4n) is 2.27. The van der Waals surface area contributed by atoms with Gasteiger partial charge in [-0.3, -0.25) is 4.79 Å². The number of aliphatic carboxylic acids is 1. The summed E-state index contributed by atoms with van der Waals surface area (Å²) in [6.45, 7) is 5.68. The van der Waals surface area contributed by atoms with Crippen LogP contribution in [0.5, 0.6) is 0 Å². The highest BCUT2D eigenvalue weighted by atomic mass is 16.5. The second-order valence-electron chi connectivity index (χ2n) is 4.81. The smallest absolute Gasteiger partial charge is 0.334 e. The van der Waals surface area contributed by atoms with E-state index in [1.165, 1.54) is 4.90 Å². The highest BCUT2D eigenvalue weighted by molar-refractivity contribution is 5.95. The number of amides is 1. The number of carboxylic acid groups (broad SMARTS) is 1. The summed E-state index contributed by atoms with van der Waals surface area (Å²) in [7, 11) is 0. The van der Waals surface area contributed by atoms with E-state index in [0.29, 0.717) is 23.6 Å². The maximum absolute atomic E-state index is 12.4. The molecule has 0 aliphatic carbocycles. The fourth-order valence-corrected chi connectivity index (χ4v) is 2.27. The van der Waals surface area contributed by atoms with Gasteiger partial charge in [0.2, 0.25) is 0 Å². The number of hydrogen-bond acceptors (Lipinski definition) is 4. The van der Waals surface area contributed by atoms with Crippen molar-refractivity contribution in [3.63, 3.8) is 0 Å². The molecule has 2 heterocycles. The van der Waals surface area contributed by atoms with Crippen molar-refractivity contribution in [2.45, 2.75) is 33.0 Å². The summed E-state index contributed by atoms with van der Waals surface area (Å²) in [6.07, 6.45) is -1.27. The van der Waals surface area contributed by atoms with E-state index >= 15 is 0 Å². The normalized spacial score (nSPS) is 23.4. The molecule has 1 aliphatic heterocycles. The molecule has 6 nitrogen and oxygen atoms in total. The molecule has 0 bridgehead atoms. The van der Waals surface area contributed by atoms with Gasteiger partial charge in [-0.1, -0.05) is 0 Å². The predicted molar refractivity (Wildman–Crippen MR) is 66.1 cm³/mol. The van der Waals surface area contributed by atoms with Gasteiger partial charge in [-0.15, -0.1) is 0 Å². The molecule has 1 unspecified atom stereocenters. The monoisotopic (exact) mass is 267 g/mol. The summed E-state index contributed by atoms with van der Waals surface area (Å²) in [6, 6.07) is 1.67. The summed E-state index contributed by atoms with van der Waals surface area (Å²) < 4.78 is 10.6. The van der Waals surface area contributed by atoms with Gasteiger partial charge in [-0.25, -0.2) is 4.79 Å². The highest BCUT2D eigenvalue weighted by Crippen LogP contribution is 2.19. The van der Waals surface area contributed by atoms with Crippen LogP contribution in [0.4, 0.5) is 0 Å². The molecule has 19 heavy (non-hydrogen) atoms. The van der Waals surface area contributed by atoms with Gasteiger partial charge in [0.25, 0.3) is 5.91 Å². The number of furan rings is 1. The lowest BCUT2D eigenvalue weighted by molar-refractivity contribution is -0.160. The molecule has 1 N–H and O–H groups in total. The number of carbonyl (C=O) groups is 2. The maximum Gasteiger partial charge on any atom is 0.334 e. The first-order chi connectivity index (χ1) is 8.88. The van der Waals surface area contributed by atoms with Crippen molar-refractivity contribution < 1.29 is 23.8 Å². The molecule has 1 fully saturated rings.